The van der Waals surface area contributed by atoms with Crippen LogP contribution in [0.2, 0.25) is 0 Å². The summed E-state index contributed by atoms with van der Waals surface area (Å²) < 4.78 is 10.0. The summed E-state index contributed by atoms with van der Waals surface area (Å²) in [5, 5.41) is 0. The van der Waals surface area contributed by atoms with E-state index in [4.69, 9.17) is 9.47 Å². The van der Waals surface area contributed by atoms with Crippen molar-refractivity contribution in [1.82, 2.24) is 0 Å². The van der Waals surface area contributed by atoms with Crippen molar-refractivity contribution in [3.05, 3.63) is 12.2 Å². The first-order valence-electron chi connectivity index (χ1n) is 7.08. The molecule has 0 radical (unpaired) electrons. The molecule has 0 atom stereocenters. The normalized spacial score (nSPS) is 10.3. The molecular formula is C15H28O3. The lowest BCUT2D eigenvalue weighted by Gasteiger charge is -2.05. The number of rotatable bonds is 12. The highest BCUT2D eigenvalue weighted by Gasteiger charge is 2.01. The summed E-state index contributed by atoms with van der Waals surface area (Å²) in [6.45, 7) is 8.06. The van der Waals surface area contributed by atoms with Crippen LogP contribution in [0.3, 0.4) is 0 Å². The van der Waals surface area contributed by atoms with Crippen molar-refractivity contribution in [3.63, 3.8) is 0 Å². The van der Waals surface area contributed by atoms with Crippen LogP contribution in [-0.2, 0) is 14.3 Å². The molecule has 0 aliphatic carbocycles. The Morgan fingerprint density at radius 2 is 1.56 bits per heavy atom. The molecule has 0 heterocycles. The number of esters is 1. The van der Waals surface area contributed by atoms with Crippen LogP contribution >= 0.6 is 0 Å². The quantitative estimate of drug-likeness (QED) is 0.227. The fourth-order valence-electron chi connectivity index (χ4n) is 1.62. The maximum absolute atomic E-state index is 11.0. The number of hydrogen-bond acceptors (Lipinski definition) is 3. The molecule has 0 fully saturated rings. The van der Waals surface area contributed by atoms with E-state index >= 15 is 0 Å². The van der Waals surface area contributed by atoms with Gasteiger partial charge in [0.25, 0.3) is 0 Å². The summed E-state index contributed by atoms with van der Waals surface area (Å²) in [6, 6.07) is 0. The molecule has 3 heteroatoms. The first kappa shape index (κ1) is 17.2. The lowest BCUT2D eigenvalue weighted by Crippen LogP contribution is -2.09. The average molecular weight is 256 g/mol. The van der Waals surface area contributed by atoms with Gasteiger partial charge in [-0.1, -0.05) is 58.4 Å². The van der Waals surface area contributed by atoms with Crippen LogP contribution in [0.4, 0.5) is 0 Å². The molecule has 0 saturated carbocycles. The molecule has 0 N–H and O–H groups in total. The van der Waals surface area contributed by atoms with Crippen molar-refractivity contribution in [1.29, 1.82) is 0 Å². The van der Waals surface area contributed by atoms with Gasteiger partial charge >= 0.3 is 5.97 Å². The highest BCUT2D eigenvalue weighted by Crippen LogP contribution is 2.08. The fraction of sp³-hybridized carbons (Fsp3) is 0.800. The average Bonchev–Trinajstić information content (AvgIpc) is 2.35. The van der Waals surface area contributed by atoms with Gasteiger partial charge in [-0.15, -0.1) is 0 Å². The molecule has 0 aromatic rings. The molecule has 0 aliphatic heterocycles. The Bertz CT molecular complexity index is 224. The summed E-state index contributed by atoms with van der Waals surface area (Å²) in [5.74, 6) is -0.383. The van der Waals surface area contributed by atoms with E-state index in [0.29, 0.717) is 12.2 Å². The van der Waals surface area contributed by atoms with Crippen molar-refractivity contribution < 1.29 is 14.3 Å². The van der Waals surface area contributed by atoms with Crippen LogP contribution in [0, 0.1) is 0 Å². The Kier molecular flexibility index (Phi) is 12.0. The molecule has 0 aromatic heterocycles. The first-order valence-corrected chi connectivity index (χ1v) is 7.08. The van der Waals surface area contributed by atoms with Gasteiger partial charge in [0.2, 0.25) is 0 Å². The predicted octanol–water partition coefficient (Wildman–Crippen LogP) is 4.22. The van der Waals surface area contributed by atoms with Crippen LogP contribution in [0.1, 0.15) is 65.2 Å². The number of carbonyl (C=O) groups excluding carboxylic acids is 1. The van der Waals surface area contributed by atoms with Crippen LogP contribution in [0.15, 0.2) is 12.2 Å². The number of hydrogen-bond donors (Lipinski definition) is 0. The van der Waals surface area contributed by atoms with E-state index < -0.39 is 0 Å². The molecule has 0 amide bonds. The summed E-state index contributed by atoms with van der Waals surface area (Å²) in [7, 11) is 0. The van der Waals surface area contributed by atoms with Crippen molar-refractivity contribution >= 4 is 5.97 Å². The Morgan fingerprint density at radius 1 is 1.00 bits per heavy atom. The van der Waals surface area contributed by atoms with Gasteiger partial charge in [0.15, 0.2) is 6.79 Å². The van der Waals surface area contributed by atoms with Crippen molar-refractivity contribution in [2.75, 3.05) is 13.4 Å². The minimum Gasteiger partial charge on any atom is -0.435 e. The standard InChI is InChI=1S/C15H28O3/c1-4-5-6-7-8-9-10-11-12-17-13-18-15(16)14(2)3/h2,4-13H2,1,3H3. The van der Waals surface area contributed by atoms with E-state index in [0.717, 1.165) is 6.42 Å². The second-order valence-corrected chi connectivity index (χ2v) is 4.71. The van der Waals surface area contributed by atoms with E-state index in [1.54, 1.807) is 6.92 Å². The van der Waals surface area contributed by atoms with Gasteiger partial charge in [-0.3, -0.25) is 0 Å². The van der Waals surface area contributed by atoms with Gasteiger partial charge in [0.05, 0.1) is 6.61 Å². The monoisotopic (exact) mass is 256 g/mol. The van der Waals surface area contributed by atoms with Crippen molar-refractivity contribution in [2.24, 2.45) is 0 Å². The molecule has 0 aliphatic rings. The van der Waals surface area contributed by atoms with E-state index in [-0.39, 0.29) is 12.8 Å². The zero-order valence-corrected chi connectivity index (χ0v) is 12.0. The van der Waals surface area contributed by atoms with E-state index in [9.17, 15) is 4.79 Å². The van der Waals surface area contributed by atoms with Crippen LogP contribution in [0.25, 0.3) is 0 Å². The second kappa shape index (κ2) is 12.6. The molecule has 0 bridgehead atoms. The minimum atomic E-state index is -0.383. The smallest absolute Gasteiger partial charge is 0.335 e. The summed E-state index contributed by atoms with van der Waals surface area (Å²) in [5.41, 5.74) is 0.408. The molecule has 0 unspecified atom stereocenters. The summed E-state index contributed by atoms with van der Waals surface area (Å²) in [6.07, 6.45) is 10.2. The Balaban J connectivity index is 3.07. The fourth-order valence-corrected chi connectivity index (χ4v) is 1.62. The first-order chi connectivity index (χ1) is 8.68. The molecular weight excluding hydrogens is 228 g/mol. The largest absolute Gasteiger partial charge is 0.435 e. The highest BCUT2D eigenvalue weighted by atomic mass is 16.7. The number of ether oxygens (including phenoxy) is 2. The molecule has 0 spiro atoms. The Hall–Kier alpha value is -0.830. The number of unbranched alkanes of at least 4 members (excludes halogenated alkanes) is 7. The van der Waals surface area contributed by atoms with Gasteiger partial charge in [-0.2, -0.15) is 0 Å². The maximum atomic E-state index is 11.0. The Labute approximate surface area is 112 Å². The van der Waals surface area contributed by atoms with Gasteiger partial charge in [-0.25, -0.2) is 4.79 Å². The summed E-state index contributed by atoms with van der Waals surface area (Å²) >= 11 is 0. The third-order valence-corrected chi connectivity index (χ3v) is 2.76. The lowest BCUT2D eigenvalue weighted by atomic mass is 10.1. The van der Waals surface area contributed by atoms with E-state index in [1.807, 2.05) is 0 Å². The molecule has 3 nitrogen and oxygen atoms in total. The number of carbonyl (C=O) groups is 1. The van der Waals surface area contributed by atoms with Crippen molar-refractivity contribution in [3.8, 4) is 0 Å². The molecule has 106 valence electrons. The Morgan fingerprint density at radius 3 is 2.11 bits per heavy atom. The maximum Gasteiger partial charge on any atom is 0.335 e. The minimum absolute atomic E-state index is 0.0438. The van der Waals surface area contributed by atoms with Crippen LogP contribution < -0.4 is 0 Å². The van der Waals surface area contributed by atoms with Gasteiger partial charge < -0.3 is 9.47 Å². The van der Waals surface area contributed by atoms with Gasteiger partial charge in [0.1, 0.15) is 0 Å². The third kappa shape index (κ3) is 11.6. The second-order valence-electron chi connectivity index (χ2n) is 4.71. The summed E-state index contributed by atoms with van der Waals surface area (Å²) in [4.78, 5) is 11.0. The molecule has 0 aromatic carbocycles. The van der Waals surface area contributed by atoms with E-state index in [2.05, 4.69) is 13.5 Å². The van der Waals surface area contributed by atoms with Crippen LogP contribution in [0.5, 0.6) is 0 Å². The zero-order valence-electron chi connectivity index (χ0n) is 12.0. The van der Waals surface area contributed by atoms with Gasteiger partial charge in [-0.05, 0) is 13.3 Å². The van der Waals surface area contributed by atoms with E-state index in [1.165, 1.54) is 44.9 Å². The lowest BCUT2D eigenvalue weighted by molar-refractivity contribution is -0.151. The van der Waals surface area contributed by atoms with Gasteiger partial charge in [0, 0.05) is 5.57 Å². The van der Waals surface area contributed by atoms with Crippen LogP contribution in [-0.4, -0.2) is 19.4 Å². The SMILES string of the molecule is C=C(C)C(=O)OCOCCCCCCCCCC. The molecule has 18 heavy (non-hydrogen) atoms. The topological polar surface area (TPSA) is 35.5 Å². The highest BCUT2D eigenvalue weighted by molar-refractivity contribution is 5.86. The zero-order chi connectivity index (χ0) is 13.6. The molecule has 0 rings (SSSR count). The molecule has 0 saturated heterocycles. The predicted molar refractivity (Wildman–Crippen MR) is 74.3 cm³/mol. The van der Waals surface area contributed by atoms with Crippen molar-refractivity contribution in [2.45, 2.75) is 65.2 Å². The third-order valence-electron chi connectivity index (χ3n) is 2.76.